The molecule has 0 aliphatic rings. The SMILES string of the molecule is C.CC[C@@H](CC[C@H](O)c1cc(O)cc(O)c1)Cc1ccc(O)cc1. The first kappa shape index (κ1) is 19.8. The molecule has 0 saturated carbocycles. The van der Waals surface area contributed by atoms with Gasteiger partial charge in [-0.05, 0) is 60.6 Å². The van der Waals surface area contributed by atoms with E-state index < -0.39 is 6.10 Å². The predicted molar refractivity (Wildman–Crippen MR) is 96.3 cm³/mol. The molecule has 0 amide bonds. The van der Waals surface area contributed by atoms with Crippen molar-refractivity contribution in [3.8, 4) is 17.2 Å². The quantitative estimate of drug-likeness (QED) is 0.601. The van der Waals surface area contributed by atoms with E-state index in [0.29, 0.717) is 17.9 Å². The van der Waals surface area contributed by atoms with E-state index in [2.05, 4.69) is 6.92 Å². The number of hydrogen-bond acceptors (Lipinski definition) is 4. The average Bonchev–Trinajstić information content (AvgIpc) is 2.52. The molecule has 0 aliphatic heterocycles. The molecule has 0 aliphatic carbocycles. The maximum absolute atomic E-state index is 10.3. The lowest BCUT2D eigenvalue weighted by atomic mass is 9.90. The first-order valence-corrected chi connectivity index (χ1v) is 7.96. The average molecular weight is 332 g/mol. The van der Waals surface area contributed by atoms with E-state index in [1.807, 2.05) is 12.1 Å². The van der Waals surface area contributed by atoms with Crippen LogP contribution in [0.25, 0.3) is 0 Å². The highest BCUT2D eigenvalue weighted by Gasteiger charge is 2.14. The second-order valence-electron chi connectivity index (χ2n) is 6.02. The first-order valence-electron chi connectivity index (χ1n) is 7.96. The van der Waals surface area contributed by atoms with E-state index >= 15 is 0 Å². The summed E-state index contributed by atoms with van der Waals surface area (Å²) in [6.45, 7) is 2.12. The lowest BCUT2D eigenvalue weighted by molar-refractivity contribution is 0.155. The lowest BCUT2D eigenvalue weighted by Gasteiger charge is -2.18. The van der Waals surface area contributed by atoms with Gasteiger partial charge in [-0.2, -0.15) is 0 Å². The molecule has 24 heavy (non-hydrogen) atoms. The van der Waals surface area contributed by atoms with Crippen LogP contribution in [-0.4, -0.2) is 20.4 Å². The van der Waals surface area contributed by atoms with E-state index in [0.717, 1.165) is 19.3 Å². The Morgan fingerprint density at radius 3 is 1.96 bits per heavy atom. The minimum atomic E-state index is -0.707. The van der Waals surface area contributed by atoms with E-state index in [4.69, 9.17) is 0 Å². The third-order valence-electron chi connectivity index (χ3n) is 4.20. The van der Waals surface area contributed by atoms with Crippen LogP contribution in [0.2, 0.25) is 0 Å². The van der Waals surface area contributed by atoms with Gasteiger partial charge in [-0.1, -0.05) is 32.9 Å². The third-order valence-corrected chi connectivity index (χ3v) is 4.20. The van der Waals surface area contributed by atoms with Gasteiger partial charge < -0.3 is 20.4 Å². The van der Waals surface area contributed by atoms with Crippen LogP contribution in [0.1, 0.15) is 50.8 Å². The fraction of sp³-hybridized carbons (Fsp3) is 0.400. The Kier molecular flexibility index (Phi) is 7.59. The Hall–Kier alpha value is -2.20. The van der Waals surface area contributed by atoms with Crippen molar-refractivity contribution in [2.75, 3.05) is 0 Å². The summed E-state index contributed by atoms with van der Waals surface area (Å²) in [5, 5.41) is 38.6. The topological polar surface area (TPSA) is 80.9 Å². The Balaban J connectivity index is 0.00000288. The molecule has 0 unspecified atom stereocenters. The van der Waals surface area contributed by atoms with Crippen molar-refractivity contribution >= 4 is 0 Å². The van der Waals surface area contributed by atoms with Gasteiger partial charge in [0.1, 0.15) is 17.2 Å². The molecule has 132 valence electrons. The van der Waals surface area contributed by atoms with Gasteiger partial charge >= 0.3 is 0 Å². The second kappa shape index (κ2) is 9.18. The van der Waals surface area contributed by atoms with E-state index in [1.165, 1.54) is 23.8 Å². The van der Waals surface area contributed by atoms with Crippen molar-refractivity contribution in [3.05, 3.63) is 53.6 Å². The van der Waals surface area contributed by atoms with Crippen LogP contribution in [0.5, 0.6) is 17.2 Å². The van der Waals surface area contributed by atoms with Gasteiger partial charge in [0.15, 0.2) is 0 Å². The molecule has 0 aromatic heterocycles. The molecule has 0 heterocycles. The van der Waals surface area contributed by atoms with Gasteiger partial charge in [-0.3, -0.25) is 0 Å². The Morgan fingerprint density at radius 2 is 1.42 bits per heavy atom. The molecule has 0 radical (unpaired) electrons. The summed E-state index contributed by atoms with van der Waals surface area (Å²) in [4.78, 5) is 0. The molecule has 2 aromatic carbocycles. The van der Waals surface area contributed by atoms with Crippen molar-refractivity contribution in [3.63, 3.8) is 0 Å². The van der Waals surface area contributed by atoms with Crippen LogP contribution in [0.15, 0.2) is 42.5 Å². The summed E-state index contributed by atoms with van der Waals surface area (Å²) < 4.78 is 0. The van der Waals surface area contributed by atoms with Crippen LogP contribution >= 0.6 is 0 Å². The molecule has 0 fully saturated rings. The standard InChI is InChI=1S/C19H24O4.CH4/c1-2-13(9-14-3-6-16(20)7-4-14)5-8-19(23)15-10-17(21)12-18(22)11-15;/h3-4,6-7,10-13,19-23H,2,5,8-9H2,1H3;1H4/t13-,19-;/m0./s1. The molecular weight excluding hydrogens is 304 g/mol. The van der Waals surface area contributed by atoms with Crippen molar-refractivity contribution in [1.82, 2.24) is 0 Å². The van der Waals surface area contributed by atoms with Crippen LogP contribution in [0.4, 0.5) is 0 Å². The lowest BCUT2D eigenvalue weighted by Crippen LogP contribution is -2.07. The molecule has 0 saturated heterocycles. The highest BCUT2D eigenvalue weighted by molar-refractivity contribution is 5.37. The number of rotatable bonds is 7. The highest BCUT2D eigenvalue weighted by atomic mass is 16.3. The number of aliphatic hydroxyl groups excluding tert-OH is 1. The largest absolute Gasteiger partial charge is 0.508 e. The molecular formula is C20H28O4. The monoisotopic (exact) mass is 332 g/mol. The highest BCUT2D eigenvalue weighted by Crippen LogP contribution is 2.29. The molecule has 2 atom stereocenters. The Labute approximate surface area is 144 Å². The first-order chi connectivity index (χ1) is 11.0. The molecule has 2 rings (SSSR count). The minimum absolute atomic E-state index is 0. The number of benzene rings is 2. The molecule has 0 bridgehead atoms. The maximum Gasteiger partial charge on any atom is 0.119 e. The molecule has 4 heteroatoms. The zero-order valence-corrected chi connectivity index (χ0v) is 13.3. The molecule has 4 nitrogen and oxygen atoms in total. The summed E-state index contributed by atoms with van der Waals surface area (Å²) in [6.07, 6.45) is 2.60. The van der Waals surface area contributed by atoms with Crippen molar-refractivity contribution in [2.45, 2.75) is 46.1 Å². The number of phenolic OH excluding ortho intramolecular Hbond substituents is 3. The summed E-state index contributed by atoms with van der Waals surface area (Å²) in [7, 11) is 0. The predicted octanol–water partition coefficient (Wildman–Crippen LogP) is 4.52. The van der Waals surface area contributed by atoms with E-state index in [1.54, 1.807) is 12.1 Å². The summed E-state index contributed by atoms with van der Waals surface area (Å²) in [5.74, 6) is 0.603. The number of phenols is 3. The van der Waals surface area contributed by atoms with Gasteiger partial charge in [0.05, 0.1) is 6.10 Å². The smallest absolute Gasteiger partial charge is 0.119 e. The van der Waals surface area contributed by atoms with Gasteiger partial charge in [-0.25, -0.2) is 0 Å². The zero-order valence-electron chi connectivity index (χ0n) is 13.3. The summed E-state index contributed by atoms with van der Waals surface area (Å²) in [5.41, 5.74) is 1.70. The van der Waals surface area contributed by atoms with Crippen LogP contribution in [-0.2, 0) is 6.42 Å². The Morgan fingerprint density at radius 1 is 0.833 bits per heavy atom. The molecule has 2 aromatic rings. The van der Waals surface area contributed by atoms with Crippen molar-refractivity contribution in [1.29, 1.82) is 0 Å². The number of aromatic hydroxyl groups is 3. The zero-order chi connectivity index (χ0) is 16.8. The third kappa shape index (κ3) is 5.78. The molecule has 4 N–H and O–H groups in total. The van der Waals surface area contributed by atoms with Gasteiger partial charge in [0.2, 0.25) is 0 Å². The number of hydrogen-bond donors (Lipinski definition) is 4. The Bertz CT molecular complexity index is 602. The van der Waals surface area contributed by atoms with E-state index in [-0.39, 0.29) is 24.7 Å². The number of aliphatic hydroxyl groups is 1. The van der Waals surface area contributed by atoms with Crippen molar-refractivity contribution < 1.29 is 20.4 Å². The van der Waals surface area contributed by atoms with Crippen LogP contribution in [0.3, 0.4) is 0 Å². The van der Waals surface area contributed by atoms with Crippen molar-refractivity contribution in [2.24, 2.45) is 5.92 Å². The summed E-state index contributed by atoms with van der Waals surface area (Å²) >= 11 is 0. The molecule has 0 spiro atoms. The fourth-order valence-electron chi connectivity index (χ4n) is 2.79. The summed E-state index contributed by atoms with van der Waals surface area (Å²) in [6, 6.07) is 11.4. The van der Waals surface area contributed by atoms with Crippen LogP contribution in [0, 0.1) is 5.92 Å². The normalized spacial score (nSPS) is 13.1. The van der Waals surface area contributed by atoms with E-state index in [9.17, 15) is 20.4 Å². The van der Waals surface area contributed by atoms with Crippen LogP contribution < -0.4 is 0 Å². The minimum Gasteiger partial charge on any atom is -0.508 e. The van der Waals surface area contributed by atoms with Gasteiger partial charge in [-0.15, -0.1) is 0 Å². The van der Waals surface area contributed by atoms with Gasteiger partial charge in [0.25, 0.3) is 0 Å². The fourth-order valence-corrected chi connectivity index (χ4v) is 2.79. The van der Waals surface area contributed by atoms with Gasteiger partial charge in [0, 0.05) is 6.07 Å². The maximum atomic E-state index is 10.3. The second-order valence-corrected chi connectivity index (χ2v) is 6.02.